The van der Waals surface area contributed by atoms with Crippen LogP contribution in [0.25, 0.3) is 22.0 Å². The molecule has 2 saturated heterocycles. The Morgan fingerprint density at radius 1 is 0.900 bits per heavy atom. The average Bonchev–Trinajstić information content (AvgIpc) is 3.12. The summed E-state index contributed by atoms with van der Waals surface area (Å²) >= 11 is -1.17. The molecule has 0 aliphatic carbocycles. The number of hydrogen-bond acceptors (Lipinski definition) is 6. The van der Waals surface area contributed by atoms with Gasteiger partial charge in [-0.25, -0.2) is 4.39 Å². The third-order valence-electron chi connectivity index (χ3n) is 10.3. The van der Waals surface area contributed by atoms with Crippen molar-refractivity contribution in [3.8, 4) is 11.3 Å². The fourth-order valence-corrected chi connectivity index (χ4v) is 13.5. The van der Waals surface area contributed by atoms with Crippen molar-refractivity contribution in [2.24, 2.45) is 0 Å². The summed E-state index contributed by atoms with van der Waals surface area (Å²) in [5.74, 6) is 0.397. The number of nitrogens with zero attached hydrogens (tertiary/aromatic N) is 3. The van der Waals surface area contributed by atoms with E-state index in [4.69, 9.17) is 4.98 Å². The van der Waals surface area contributed by atoms with E-state index in [-0.39, 0.29) is 29.6 Å². The van der Waals surface area contributed by atoms with Crippen LogP contribution < -0.4 is 10.6 Å². The number of benzene rings is 3. The van der Waals surface area contributed by atoms with Gasteiger partial charge in [0.1, 0.15) is 0 Å². The molecule has 2 aromatic heterocycles. The number of carbonyl (C=O) groups is 2. The maximum absolute atomic E-state index is 15.0. The Morgan fingerprint density at radius 2 is 1.66 bits per heavy atom. The first kappa shape index (κ1) is 34.2. The van der Waals surface area contributed by atoms with E-state index in [1.165, 1.54) is 42.8 Å². The van der Waals surface area contributed by atoms with Crippen molar-refractivity contribution in [2.75, 3.05) is 14.2 Å². The van der Waals surface area contributed by atoms with Gasteiger partial charge < -0.3 is 0 Å². The number of hydrogen-bond donors (Lipinski definition) is 2. The summed E-state index contributed by atoms with van der Waals surface area (Å²) in [7, 11) is 0. The number of rotatable bonds is 8. The zero-order valence-corrected chi connectivity index (χ0v) is 31.2. The second-order valence-corrected chi connectivity index (χ2v) is 19.9. The Balaban J connectivity index is 1.04. The van der Waals surface area contributed by atoms with Crippen LogP contribution in [-0.4, -0.2) is 35.9 Å². The number of carbonyl (C=O) groups excluding carboxylic acids is 2. The van der Waals surface area contributed by atoms with Crippen molar-refractivity contribution >= 4 is 48.2 Å². The van der Waals surface area contributed by atoms with Gasteiger partial charge in [0.25, 0.3) is 0 Å². The van der Waals surface area contributed by atoms with E-state index in [2.05, 4.69) is 76.3 Å². The van der Waals surface area contributed by atoms with Gasteiger partial charge in [-0.2, -0.15) is 0 Å². The third kappa shape index (κ3) is 7.15. The van der Waals surface area contributed by atoms with Crippen molar-refractivity contribution in [3.63, 3.8) is 0 Å². The summed E-state index contributed by atoms with van der Waals surface area (Å²) in [6.07, 6.45) is 5.31. The van der Waals surface area contributed by atoms with Crippen LogP contribution in [0.2, 0.25) is 0 Å². The normalized spacial score (nSPS) is 18.3. The number of pyridine rings is 1. The Labute approximate surface area is 300 Å². The summed E-state index contributed by atoms with van der Waals surface area (Å²) in [4.78, 5) is 28.8. The van der Waals surface area contributed by atoms with E-state index in [9.17, 15) is 14.0 Å². The van der Waals surface area contributed by atoms with Crippen LogP contribution in [0, 0.1) is 26.6 Å². The number of nitrogens with one attached hydrogen (secondary N) is 2. The van der Waals surface area contributed by atoms with Crippen molar-refractivity contribution in [3.05, 3.63) is 118 Å². The molecule has 2 aliphatic heterocycles. The van der Waals surface area contributed by atoms with E-state index >= 15 is 0 Å². The van der Waals surface area contributed by atoms with Crippen molar-refractivity contribution in [1.29, 1.82) is 0 Å². The summed E-state index contributed by atoms with van der Waals surface area (Å²) in [6.45, 7) is 7.80. The molecule has 258 valence electrons. The summed E-state index contributed by atoms with van der Waals surface area (Å²) in [6, 6.07) is 22.7. The monoisotopic (exact) mass is 783 g/mol. The Kier molecular flexibility index (Phi) is 9.95. The third-order valence-corrected chi connectivity index (χ3v) is 16.6. The first-order valence-corrected chi connectivity index (χ1v) is 22.0. The molecule has 2 amide bonds. The number of fused-ring (bicyclic) bond motifs is 1. The zero-order chi connectivity index (χ0) is 34.9. The molecule has 2 fully saturated rings. The van der Waals surface area contributed by atoms with Crippen molar-refractivity contribution < 1.29 is 14.0 Å². The zero-order valence-electron chi connectivity index (χ0n) is 29.0. The molecular formula is C41H43FIN5O2. The Bertz CT molecular complexity index is 2080. The molecule has 7 rings (SSSR count). The van der Waals surface area contributed by atoms with Crippen LogP contribution in [0.5, 0.6) is 0 Å². The van der Waals surface area contributed by atoms with Crippen LogP contribution in [-0.2, 0) is 14.0 Å². The van der Waals surface area contributed by atoms with Gasteiger partial charge in [-0.15, -0.1) is 0 Å². The minimum absolute atomic E-state index is 0.173. The number of aromatic nitrogens is 3. The molecule has 50 heavy (non-hydrogen) atoms. The average molecular weight is 784 g/mol. The van der Waals surface area contributed by atoms with Gasteiger partial charge in [0.05, 0.1) is 0 Å². The first-order valence-electron chi connectivity index (χ1n) is 17.4. The Hall–Kier alpha value is -4.25. The predicted octanol–water partition coefficient (Wildman–Crippen LogP) is 9.03. The second kappa shape index (κ2) is 14.5. The number of alkyl halides is 3. The molecular weight excluding hydrogens is 740 g/mol. The molecule has 3 aromatic carbocycles. The van der Waals surface area contributed by atoms with Crippen LogP contribution in [0.1, 0.15) is 89.6 Å². The van der Waals surface area contributed by atoms with Crippen LogP contribution in [0.15, 0.2) is 72.9 Å². The van der Waals surface area contributed by atoms with E-state index < -0.39 is 19.8 Å². The molecule has 2 N–H and O–H groups in total. The van der Waals surface area contributed by atoms with Crippen LogP contribution in [0.4, 0.5) is 10.2 Å². The summed E-state index contributed by atoms with van der Waals surface area (Å²) < 4.78 is 18.8. The molecule has 0 bridgehead atoms. The molecule has 2 atom stereocenters. The van der Waals surface area contributed by atoms with E-state index in [1.807, 2.05) is 32.2 Å². The summed E-state index contributed by atoms with van der Waals surface area (Å²) in [5, 5.41) is 16.6. The Morgan fingerprint density at radius 3 is 2.42 bits per heavy atom. The SMILES string of the molecule is Cc1ccc(CI2CCC(c3ccc(C4CCC(=O)NC4=O)cc3)CC2)cc1-c1cc2c(N[C@H](C)c3cccc(C)c3F)nnc(C)c2cn1. The number of halogens is 2. The number of piperidine rings is 1. The van der Waals surface area contributed by atoms with E-state index in [0.29, 0.717) is 35.7 Å². The molecule has 0 saturated carbocycles. The van der Waals surface area contributed by atoms with Crippen LogP contribution in [0.3, 0.4) is 0 Å². The minimum atomic E-state index is -1.17. The van der Waals surface area contributed by atoms with E-state index in [1.54, 1.807) is 13.0 Å². The molecule has 2 aliphatic rings. The second-order valence-electron chi connectivity index (χ2n) is 13.8. The number of anilines is 1. The van der Waals surface area contributed by atoms with Gasteiger partial charge in [0.2, 0.25) is 0 Å². The predicted molar refractivity (Wildman–Crippen MR) is 206 cm³/mol. The van der Waals surface area contributed by atoms with Gasteiger partial charge in [-0.1, -0.05) is 12.1 Å². The summed E-state index contributed by atoms with van der Waals surface area (Å²) in [5.41, 5.74) is 8.97. The molecule has 9 heteroatoms. The first-order chi connectivity index (χ1) is 24.1. The topological polar surface area (TPSA) is 96.9 Å². The number of amides is 2. The number of aryl methyl sites for hydroxylation is 3. The molecule has 4 heterocycles. The van der Waals surface area contributed by atoms with Gasteiger partial charge in [-0.3, -0.25) is 0 Å². The van der Waals surface area contributed by atoms with Crippen molar-refractivity contribution in [2.45, 2.75) is 75.7 Å². The fraction of sp³-hybridized carbons (Fsp3) is 0.341. The van der Waals surface area contributed by atoms with Gasteiger partial charge in [0, 0.05) is 0 Å². The van der Waals surface area contributed by atoms with Gasteiger partial charge in [-0.05, 0) is 12.5 Å². The quantitative estimate of drug-likeness (QED) is 0.0927. The fourth-order valence-electron chi connectivity index (χ4n) is 7.25. The molecule has 5 aromatic rings. The standard InChI is InChI=1S/C41H43FIN5O2/c1-24-8-9-28(22-43-18-16-30(17-19-43)29-10-12-31(13-11-29)33-14-15-38(49)46-41(33)50)20-34(24)37-21-35-36(23-44-37)27(4)47-48-40(35)45-26(3)32-7-5-6-25(2)39(32)42/h5-13,20-21,23,26,30,33H,14-19,22H2,1-4H3,(H,45,48)(H,46,49,50)/t26-,33?/m1/s1. The van der Waals surface area contributed by atoms with Crippen molar-refractivity contribution in [1.82, 2.24) is 20.5 Å². The van der Waals surface area contributed by atoms with E-state index in [0.717, 1.165) is 33.3 Å². The number of imide groups is 1. The van der Waals surface area contributed by atoms with Crippen LogP contribution >= 0.6 is 19.8 Å². The molecule has 1 unspecified atom stereocenters. The molecule has 7 nitrogen and oxygen atoms in total. The van der Waals surface area contributed by atoms with Gasteiger partial charge >= 0.3 is 273 Å². The van der Waals surface area contributed by atoms with Gasteiger partial charge in [0.15, 0.2) is 0 Å². The maximum atomic E-state index is 15.0. The molecule has 0 spiro atoms. The molecule has 0 radical (unpaired) electrons.